The molecule has 2 fully saturated rings. The number of hydrogen-bond acceptors (Lipinski definition) is 3. The highest BCUT2D eigenvalue weighted by atomic mass is 16.5. The van der Waals surface area contributed by atoms with Crippen LogP contribution in [0, 0.1) is 0 Å². The van der Waals surface area contributed by atoms with Gasteiger partial charge in [0.25, 0.3) is 0 Å². The van der Waals surface area contributed by atoms with Gasteiger partial charge in [0.15, 0.2) is 0 Å². The summed E-state index contributed by atoms with van der Waals surface area (Å²) in [5, 5.41) is 12.4. The molecular weight excluding hydrogens is 260 g/mol. The van der Waals surface area contributed by atoms with E-state index < -0.39 is 11.5 Å². The first-order valence-corrected chi connectivity index (χ1v) is 7.52. The summed E-state index contributed by atoms with van der Waals surface area (Å²) < 4.78 is 5.32. The third-order valence-electron chi connectivity index (χ3n) is 4.22. The van der Waals surface area contributed by atoms with Gasteiger partial charge in [-0.15, -0.1) is 0 Å². The Labute approximate surface area is 119 Å². The van der Waals surface area contributed by atoms with Crippen LogP contribution in [0.1, 0.15) is 44.9 Å². The van der Waals surface area contributed by atoms with Gasteiger partial charge in [-0.05, 0) is 19.3 Å². The van der Waals surface area contributed by atoms with Gasteiger partial charge >= 0.3 is 12.0 Å². The van der Waals surface area contributed by atoms with Gasteiger partial charge < -0.3 is 20.1 Å². The Morgan fingerprint density at radius 2 is 1.70 bits per heavy atom. The van der Waals surface area contributed by atoms with E-state index in [9.17, 15) is 14.7 Å². The number of rotatable bonds is 2. The fourth-order valence-electron chi connectivity index (χ4n) is 2.96. The number of hydrogen-bond donors (Lipinski definition) is 2. The van der Waals surface area contributed by atoms with Crippen molar-refractivity contribution in [1.82, 2.24) is 10.2 Å². The Morgan fingerprint density at radius 3 is 2.35 bits per heavy atom. The second-order valence-corrected chi connectivity index (χ2v) is 5.68. The Kier molecular flexibility index (Phi) is 5.23. The monoisotopic (exact) mass is 284 g/mol. The summed E-state index contributed by atoms with van der Waals surface area (Å²) >= 11 is 0. The molecular formula is C14H24N2O4. The second-order valence-electron chi connectivity index (χ2n) is 5.68. The number of carboxylic acids is 1. The van der Waals surface area contributed by atoms with Crippen LogP contribution in [0.2, 0.25) is 0 Å². The molecule has 2 amide bonds. The number of carboxylic acid groups (broad SMARTS) is 1. The smallest absolute Gasteiger partial charge is 0.329 e. The summed E-state index contributed by atoms with van der Waals surface area (Å²) in [4.78, 5) is 25.7. The lowest BCUT2D eigenvalue weighted by Crippen LogP contribution is -2.58. The summed E-state index contributed by atoms with van der Waals surface area (Å²) in [7, 11) is 0. The van der Waals surface area contributed by atoms with Crippen molar-refractivity contribution in [2.45, 2.75) is 50.5 Å². The number of carbonyl (C=O) groups excluding carboxylic acids is 1. The van der Waals surface area contributed by atoms with Crippen molar-refractivity contribution >= 4 is 12.0 Å². The van der Waals surface area contributed by atoms with E-state index >= 15 is 0 Å². The quantitative estimate of drug-likeness (QED) is 0.755. The van der Waals surface area contributed by atoms with Gasteiger partial charge in [0.2, 0.25) is 0 Å². The largest absolute Gasteiger partial charge is 0.480 e. The molecule has 1 aliphatic heterocycles. The molecule has 2 rings (SSSR count). The molecule has 0 bridgehead atoms. The molecule has 20 heavy (non-hydrogen) atoms. The van der Waals surface area contributed by atoms with Crippen LogP contribution >= 0.6 is 0 Å². The minimum absolute atomic E-state index is 0.264. The average molecular weight is 284 g/mol. The van der Waals surface area contributed by atoms with Crippen molar-refractivity contribution in [3.63, 3.8) is 0 Å². The van der Waals surface area contributed by atoms with E-state index in [0.717, 1.165) is 32.1 Å². The van der Waals surface area contributed by atoms with E-state index in [0.29, 0.717) is 39.1 Å². The molecule has 0 unspecified atom stereocenters. The first-order valence-electron chi connectivity index (χ1n) is 7.52. The Balaban J connectivity index is 2.02. The predicted molar refractivity (Wildman–Crippen MR) is 73.6 cm³/mol. The Bertz CT molecular complexity index is 343. The third-order valence-corrected chi connectivity index (χ3v) is 4.22. The van der Waals surface area contributed by atoms with Crippen molar-refractivity contribution in [2.24, 2.45) is 0 Å². The molecule has 114 valence electrons. The molecule has 0 aromatic rings. The maximum Gasteiger partial charge on any atom is 0.329 e. The van der Waals surface area contributed by atoms with Crippen LogP contribution in [-0.4, -0.2) is 53.8 Å². The van der Waals surface area contributed by atoms with E-state index in [1.807, 2.05) is 0 Å². The maximum absolute atomic E-state index is 12.3. The second kappa shape index (κ2) is 6.92. The maximum atomic E-state index is 12.3. The Morgan fingerprint density at radius 1 is 1.00 bits per heavy atom. The molecule has 0 radical (unpaired) electrons. The first-order chi connectivity index (χ1) is 9.64. The van der Waals surface area contributed by atoms with Crippen molar-refractivity contribution in [3.8, 4) is 0 Å². The number of ether oxygens (including phenoxy) is 1. The SMILES string of the molecule is O=C(NC1(C(=O)O)CCCCCC1)N1CCCOCC1. The van der Waals surface area contributed by atoms with E-state index in [2.05, 4.69) is 5.32 Å². The van der Waals surface area contributed by atoms with Crippen LogP contribution in [0.3, 0.4) is 0 Å². The number of aliphatic carboxylic acids is 1. The summed E-state index contributed by atoms with van der Waals surface area (Å²) in [5.41, 5.74) is -1.08. The lowest BCUT2D eigenvalue weighted by atomic mass is 9.90. The molecule has 1 heterocycles. The molecule has 2 N–H and O–H groups in total. The highest BCUT2D eigenvalue weighted by molar-refractivity contribution is 5.86. The summed E-state index contributed by atoms with van der Waals surface area (Å²) in [6.07, 6.45) is 5.65. The standard InChI is InChI=1S/C14H24N2O4/c17-12(18)14(6-3-1-2-4-7-14)15-13(19)16-8-5-10-20-11-9-16/h1-11H2,(H,15,19)(H,17,18). The van der Waals surface area contributed by atoms with E-state index in [1.165, 1.54) is 0 Å². The lowest BCUT2D eigenvalue weighted by Gasteiger charge is -2.32. The molecule has 6 heteroatoms. The van der Waals surface area contributed by atoms with Crippen LogP contribution < -0.4 is 5.32 Å². The zero-order valence-corrected chi connectivity index (χ0v) is 11.9. The van der Waals surface area contributed by atoms with Gasteiger partial charge in [0, 0.05) is 19.7 Å². The van der Waals surface area contributed by atoms with E-state index in [4.69, 9.17) is 4.74 Å². The lowest BCUT2D eigenvalue weighted by molar-refractivity contribution is -0.145. The van der Waals surface area contributed by atoms with Gasteiger partial charge in [-0.3, -0.25) is 0 Å². The number of nitrogens with zero attached hydrogens (tertiary/aromatic N) is 1. The van der Waals surface area contributed by atoms with Crippen LogP contribution in [0.15, 0.2) is 0 Å². The molecule has 0 aromatic heterocycles. The molecule has 6 nitrogen and oxygen atoms in total. The van der Waals surface area contributed by atoms with Crippen molar-refractivity contribution in [1.29, 1.82) is 0 Å². The van der Waals surface area contributed by atoms with Crippen LogP contribution in [-0.2, 0) is 9.53 Å². The van der Waals surface area contributed by atoms with Gasteiger partial charge in [0.05, 0.1) is 6.61 Å². The fraction of sp³-hybridized carbons (Fsp3) is 0.857. The van der Waals surface area contributed by atoms with Gasteiger partial charge in [-0.25, -0.2) is 9.59 Å². The van der Waals surface area contributed by atoms with Crippen molar-refractivity contribution < 1.29 is 19.4 Å². The van der Waals surface area contributed by atoms with Gasteiger partial charge in [-0.2, -0.15) is 0 Å². The highest BCUT2D eigenvalue weighted by Crippen LogP contribution is 2.27. The zero-order valence-electron chi connectivity index (χ0n) is 11.9. The molecule has 0 spiro atoms. The number of nitrogens with one attached hydrogen (secondary N) is 1. The average Bonchev–Trinajstić information content (AvgIpc) is 2.81. The van der Waals surface area contributed by atoms with E-state index in [-0.39, 0.29) is 6.03 Å². The summed E-state index contributed by atoms with van der Waals surface area (Å²) in [5.74, 6) is -0.904. The third kappa shape index (κ3) is 3.62. The Hall–Kier alpha value is -1.30. The zero-order chi connectivity index (χ0) is 14.4. The normalized spacial score (nSPS) is 23.5. The number of urea groups is 1. The van der Waals surface area contributed by atoms with Crippen LogP contribution in [0.25, 0.3) is 0 Å². The minimum atomic E-state index is -1.08. The van der Waals surface area contributed by atoms with Crippen molar-refractivity contribution in [2.75, 3.05) is 26.3 Å². The van der Waals surface area contributed by atoms with Crippen molar-refractivity contribution in [3.05, 3.63) is 0 Å². The minimum Gasteiger partial charge on any atom is -0.480 e. The summed E-state index contributed by atoms with van der Waals surface area (Å²) in [6.45, 7) is 2.34. The molecule has 2 aliphatic rings. The molecule has 0 aromatic carbocycles. The van der Waals surface area contributed by atoms with Gasteiger partial charge in [-0.1, -0.05) is 25.7 Å². The first kappa shape index (κ1) is 15.1. The van der Waals surface area contributed by atoms with Crippen LogP contribution in [0.5, 0.6) is 0 Å². The molecule has 1 aliphatic carbocycles. The van der Waals surface area contributed by atoms with Crippen LogP contribution in [0.4, 0.5) is 4.79 Å². The molecule has 0 atom stereocenters. The topological polar surface area (TPSA) is 78.9 Å². The van der Waals surface area contributed by atoms with E-state index in [1.54, 1.807) is 4.90 Å². The highest BCUT2D eigenvalue weighted by Gasteiger charge is 2.40. The molecule has 1 saturated heterocycles. The predicted octanol–water partition coefficient (Wildman–Crippen LogP) is 1.60. The number of carbonyl (C=O) groups is 2. The van der Waals surface area contributed by atoms with Gasteiger partial charge in [0.1, 0.15) is 5.54 Å². The molecule has 1 saturated carbocycles. The number of amides is 2. The fourth-order valence-corrected chi connectivity index (χ4v) is 2.96. The summed E-state index contributed by atoms with van der Waals surface area (Å²) in [6, 6.07) is -0.264.